The Morgan fingerprint density at radius 1 is 0.400 bits per heavy atom. The fourth-order valence-electron chi connectivity index (χ4n) is 19.1. The van der Waals surface area contributed by atoms with Crippen LogP contribution < -0.4 is 30.7 Å². The maximum absolute atomic E-state index is 10.1. The number of anilines is 3. The van der Waals surface area contributed by atoms with Crippen LogP contribution in [0.4, 0.5) is 17.5 Å². The molecule has 0 spiro atoms. The number of fused-ring (bicyclic) bond motifs is 3. The number of hydrogen-bond donors (Lipinski definition) is 3. The maximum atomic E-state index is 10.1. The highest BCUT2D eigenvalue weighted by Crippen LogP contribution is 2.44. The summed E-state index contributed by atoms with van der Waals surface area (Å²) in [6.07, 6.45) is 25.3. The number of rotatable bonds is 18. The Bertz CT molecular complexity index is 4980. The minimum absolute atomic E-state index is 0.263. The Morgan fingerprint density at radius 3 is 0.968 bits per heavy atom. The van der Waals surface area contributed by atoms with E-state index in [1.165, 1.54) is 38.5 Å². The summed E-state index contributed by atoms with van der Waals surface area (Å²) in [5, 5.41) is 55.7. The van der Waals surface area contributed by atoms with E-state index >= 15 is 0 Å². The molecule has 0 radical (unpaired) electrons. The number of piperidine rings is 3. The van der Waals surface area contributed by atoms with Crippen molar-refractivity contribution in [2.24, 2.45) is 11.8 Å². The van der Waals surface area contributed by atoms with Crippen LogP contribution in [0.5, 0.6) is 0 Å². The van der Waals surface area contributed by atoms with Crippen LogP contribution in [0.25, 0.3) is 67.1 Å². The molecular formula is C97H132N18O10. The van der Waals surface area contributed by atoms with Gasteiger partial charge in [-0.25, -0.2) is 15.0 Å². The van der Waals surface area contributed by atoms with Gasteiger partial charge in [0, 0.05) is 144 Å². The first kappa shape index (κ1) is 93.1. The van der Waals surface area contributed by atoms with E-state index in [0.29, 0.717) is 100 Å². The normalized spacial score (nSPS) is 23.4. The molecule has 28 nitrogen and oxygen atoms in total. The minimum atomic E-state index is 0.263. The van der Waals surface area contributed by atoms with Crippen molar-refractivity contribution >= 4 is 56.4 Å². The van der Waals surface area contributed by atoms with Crippen LogP contribution in [0.15, 0.2) is 50.0 Å². The van der Waals surface area contributed by atoms with E-state index in [-0.39, 0.29) is 24.0 Å². The number of nitriles is 3. The molecule has 28 heteroatoms. The van der Waals surface area contributed by atoms with Crippen molar-refractivity contribution in [2.45, 2.75) is 286 Å². The third kappa shape index (κ3) is 23.7. The number of pyridine rings is 3. The lowest BCUT2D eigenvalue weighted by atomic mass is 9.94. The van der Waals surface area contributed by atoms with Gasteiger partial charge < -0.3 is 77.4 Å². The zero-order chi connectivity index (χ0) is 88.2. The van der Waals surface area contributed by atoms with Crippen LogP contribution in [0, 0.1) is 108 Å². The van der Waals surface area contributed by atoms with Crippen LogP contribution in [-0.2, 0) is 33.2 Å². The molecule has 0 amide bonds. The smallest absolute Gasteiger partial charge is 0.261 e. The highest BCUT2D eigenvalue weighted by molar-refractivity contribution is 5.98. The van der Waals surface area contributed by atoms with E-state index in [4.69, 9.17) is 56.9 Å². The van der Waals surface area contributed by atoms with Crippen LogP contribution in [-0.4, -0.2) is 204 Å². The average molecular weight is 1710 g/mol. The Balaban J connectivity index is 0.000000142. The maximum Gasteiger partial charge on any atom is 0.261 e. The predicted molar refractivity (Wildman–Crippen MR) is 485 cm³/mol. The van der Waals surface area contributed by atoms with Crippen LogP contribution in [0.1, 0.15) is 231 Å². The van der Waals surface area contributed by atoms with E-state index in [1.54, 1.807) is 0 Å². The molecule has 9 fully saturated rings. The van der Waals surface area contributed by atoms with Gasteiger partial charge in [-0.15, -0.1) is 0 Å². The number of aldehydes is 1. The molecule has 10 atom stereocenters. The molecule has 9 aliphatic heterocycles. The summed E-state index contributed by atoms with van der Waals surface area (Å²) in [4.78, 5) is 46.0. The molecule has 125 heavy (non-hydrogen) atoms. The van der Waals surface area contributed by atoms with E-state index in [0.717, 1.165) is 289 Å². The lowest BCUT2D eigenvalue weighted by molar-refractivity contribution is -0.113. The molecule has 3 N–H and O–H groups in total. The molecule has 0 aliphatic carbocycles. The lowest BCUT2D eigenvalue weighted by Gasteiger charge is -2.40. The molecule has 9 aromatic rings. The van der Waals surface area contributed by atoms with Crippen molar-refractivity contribution in [3.8, 4) is 52.6 Å². The topological polar surface area (TPSA) is 345 Å². The van der Waals surface area contributed by atoms with Gasteiger partial charge in [0.1, 0.15) is 41.9 Å². The first-order valence-corrected chi connectivity index (χ1v) is 46.2. The van der Waals surface area contributed by atoms with Gasteiger partial charge in [0.05, 0.1) is 74.3 Å². The molecular weight excluding hydrogens is 1580 g/mol. The molecule has 670 valence electrons. The molecule has 0 unspecified atom stereocenters. The summed E-state index contributed by atoms with van der Waals surface area (Å²) in [5.74, 6) is 6.67. The first-order valence-electron chi connectivity index (χ1n) is 46.2. The number of carbonyl (C=O) groups excluding carboxylic acids is 1. The molecule has 0 saturated carbocycles. The molecule has 18 rings (SSSR count). The van der Waals surface area contributed by atoms with Gasteiger partial charge in [0.15, 0.2) is 17.5 Å². The number of nitrogens with one attached hydrogen (secondary N) is 3. The van der Waals surface area contributed by atoms with Crippen molar-refractivity contribution < 1.29 is 46.8 Å². The number of benzene rings is 3. The van der Waals surface area contributed by atoms with Gasteiger partial charge in [0.2, 0.25) is 0 Å². The Hall–Kier alpha value is -9.51. The van der Waals surface area contributed by atoms with Crippen molar-refractivity contribution in [3.05, 3.63) is 104 Å². The molecule has 9 saturated heterocycles. The second-order valence-electron chi connectivity index (χ2n) is 35.7. The average Bonchev–Trinajstić information content (AvgIpc) is 1.58. The number of hydrogen-bond acceptors (Lipinski definition) is 28. The lowest BCUT2D eigenvalue weighted by Crippen LogP contribution is -2.49. The highest BCUT2D eigenvalue weighted by atomic mass is 16.5. The predicted octanol–water partition coefficient (Wildman–Crippen LogP) is 16.6. The molecule has 15 heterocycles. The zero-order valence-corrected chi connectivity index (χ0v) is 76.3. The summed E-state index contributed by atoms with van der Waals surface area (Å²) in [6, 6.07) is 21.2. The van der Waals surface area contributed by atoms with Crippen LogP contribution in [0.2, 0.25) is 0 Å². The summed E-state index contributed by atoms with van der Waals surface area (Å²) < 4.78 is 49.6. The third-order valence-corrected chi connectivity index (χ3v) is 26.2. The summed E-state index contributed by atoms with van der Waals surface area (Å²) in [6.45, 7) is 41.3. The minimum Gasteiger partial charge on any atom is -0.381 e. The van der Waals surface area contributed by atoms with E-state index < -0.39 is 0 Å². The third-order valence-electron chi connectivity index (χ3n) is 26.2. The van der Waals surface area contributed by atoms with Gasteiger partial charge in [-0.3, -0.25) is 0 Å². The standard InChI is InChI=1S/C27H34N6O2.2C26H32N6O2.C6H10O2.2C6H12O/c1-16-11-21(14-28)25-23(12-16)18(3)24(27-30-19(4)32-35-27)26(31-25)33-8-5-22(13-17(33)2)29-15-20-6-9-34-10-7-20;2*1-15-10-19(13-27)24-22(11-15)17(3)23(26-29-18(4)31-34-26)25(30-24)32-8-7-20(12-16(32)2)28-14-21-6-5-9-33-21;7-5-6-1-3-8-4-2-6;2*1-2-6-4-3-5-7-6/h11-12,17,20,22,29H,5-10,13,15H2,1-4H3;2*10-11,16,20-21,28H,5-9,12,14H2,1-4H3;5-6H,1-4H2;2*6H,2-5H2,1H3/t17-,22-;16-,20-,21+;16-,20-,21-;;2*6-/m111.10/s1. The Labute approximate surface area is 737 Å². The SMILES string of the molecule is CC[C@@H]1CCCO1.CC[C@H]1CCCO1.Cc1cc(C#N)c2nc(N3CC[C@@H](NCC4CCOCC4)C[C@H]3C)c(-c3nc(C)no3)c(C)c2c1.Cc1cc(C#N)c2nc(N3CC[C@@H](NC[C@@H]4CCCO4)C[C@H]3C)c(-c3nc(C)no3)c(C)c2c1.Cc1cc(C#N)c2nc(N3CC[C@@H](NC[C@H]4CCCO4)C[C@H]3C)c(-c3nc(C)no3)c(C)c2c1.O=CC1CCOCC1. The summed E-state index contributed by atoms with van der Waals surface area (Å²) >= 11 is 0. The van der Waals surface area contributed by atoms with E-state index in [9.17, 15) is 20.6 Å². The quantitative estimate of drug-likeness (QED) is 0.0672. The molecule has 9 aliphatic rings. The zero-order valence-electron chi connectivity index (χ0n) is 76.3. The van der Waals surface area contributed by atoms with Gasteiger partial charge in [0.25, 0.3) is 17.7 Å². The Morgan fingerprint density at radius 2 is 0.712 bits per heavy atom. The number of nitrogens with zero attached hydrogens (tertiary/aromatic N) is 15. The van der Waals surface area contributed by atoms with Crippen molar-refractivity contribution in [1.82, 2.24) is 61.3 Å². The van der Waals surface area contributed by atoms with E-state index in [1.807, 2.05) is 59.7 Å². The fraction of sp³-hybridized carbons (Fsp3) is 0.619. The number of aryl methyl sites for hydroxylation is 9. The Kier molecular flexibility index (Phi) is 33.4. The second-order valence-corrected chi connectivity index (χ2v) is 35.7. The second kappa shape index (κ2) is 44.8. The monoisotopic (exact) mass is 1710 g/mol. The number of ether oxygens (including phenoxy) is 6. The summed E-state index contributed by atoms with van der Waals surface area (Å²) in [5.41, 5.74) is 12.7. The van der Waals surface area contributed by atoms with Gasteiger partial charge in [-0.05, 0) is 294 Å². The highest BCUT2D eigenvalue weighted by Gasteiger charge is 2.37. The fourth-order valence-corrected chi connectivity index (χ4v) is 19.1. The van der Waals surface area contributed by atoms with Gasteiger partial charge in [-0.1, -0.05) is 29.3 Å². The van der Waals surface area contributed by atoms with Crippen LogP contribution >= 0.6 is 0 Å². The van der Waals surface area contributed by atoms with Crippen molar-refractivity contribution in [2.75, 3.05) is 107 Å². The number of aromatic nitrogens is 9. The molecule has 6 aromatic heterocycles. The summed E-state index contributed by atoms with van der Waals surface area (Å²) in [7, 11) is 0. The van der Waals surface area contributed by atoms with Gasteiger partial charge >= 0.3 is 0 Å². The molecule has 0 bridgehead atoms. The van der Waals surface area contributed by atoms with Crippen molar-refractivity contribution in [1.29, 1.82) is 15.8 Å². The van der Waals surface area contributed by atoms with Crippen LogP contribution in [0.3, 0.4) is 0 Å². The molecule has 3 aromatic carbocycles. The van der Waals surface area contributed by atoms with E-state index in [2.05, 4.69) is 153 Å². The first-order chi connectivity index (χ1) is 60.6. The van der Waals surface area contributed by atoms with Gasteiger partial charge in [-0.2, -0.15) is 30.7 Å². The largest absolute Gasteiger partial charge is 0.381 e. The number of carbonyl (C=O) groups is 1. The van der Waals surface area contributed by atoms with Crippen molar-refractivity contribution in [3.63, 3.8) is 0 Å².